The zero-order chi connectivity index (χ0) is 95.1. The van der Waals surface area contributed by atoms with Gasteiger partial charge in [0.2, 0.25) is 5.82 Å². The Bertz CT molecular complexity index is 6270. The molecule has 0 saturated heterocycles. The molecule has 11 aromatic carbocycles. The maximum absolute atomic E-state index is 4.64. The molecule has 0 N–H and O–H groups in total. The molecule has 0 aliphatic carbocycles. The Labute approximate surface area is 806 Å². The molecule has 4 unspecified atom stereocenters. The standard InChI is InChI=1S/C26H30N2.C25H29N2.C19H20N3P.3C16H20N3/c1-18-11-9-12-19(2)24(18)27-17-28(25-20(3)13-10-14-21(25)4)26(5,6)22-15-7-8-16-23(22)27;1-3-26-20-27(17-22-10-6-4-7-11-22,18-23-12-8-5-9-13-23)19-24-16-21(2)14-15-25(24)26;1-14-9-10-16-18(12-14)23(3)22(13-21(16)2)17-8-4-6-15-7-5-11-20-19(15)17;1-13-4-5-16-14(10-13)11-19(3,12-18(16)2)15-6-8-17-9-7-15;1-13-6-7-16-14(9-13)11-19(3,12-18(16)2)15-5-4-8-17-10-15;1-13-7-8-15-14(10-13)11-19(3,12-18(15)2)16-6-4-5-9-17-16/h7-16H,17H2,1-6H3;4-16H,3,17-20H2,1-2H3;4-12H,13H2,1-3H3;3*4-10H,11-12H2,1-3H3/q;+1;;3*+1. The molecule has 0 amide bonds. The highest BCUT2D eigenvalue weighted by atomic mass is 31.1. The molecule has 6 aliphatic rings. The molecule has 15 aromatic rings. The summed E-state index contributed by atoms with van der Waals surface area (Å²) in [7, 11) is 15.1. The molecule has 0 spiro atoms. The summed E-state index contributed by atoms with van der Waals surface area (Å²) in [6.45, 7) is 42.0. The van der Waals surface area contributed by atoms with Crippen molar-refractivity contribution in [2.45, 2.75) is 128 Å². The number of benzene rings is 11. The Morgan fingerprint density at radius 2 is 0.822 bits per heavy atom. The third-order valence-electron chi connectivity index (χ3n) is 28.2. The Morgan fingerprint density at radius 1 is 0.363 bits per heavy atom. The van der Waals surface area contributed by atoms with Gasteiger partial charge in [0.05, 0.1) is 57.4 Å². The summed E-state index contributed by atoms with van der Waals surface area (Å²) in [5.74, 6) is 1.13. The summed E-state index contributed by atoms with van der Waals surface area (Å²) < 4.78 is 6.15. The van der Waals surface area contributed by atoms with Gasteiger partial charge in [-0.05, 0) is 203 Å². The number of rotatable bonds is 11. The highest BCUT2D eigenvalue weighted by molar-refractivity contribution is 7.67. The van der Waals surface area contributed by atoms with Crippen LogP contribution in [0.5, 0.6) is 0 Å². The van der Waals surface area contributed by atoms with E-state index in [0.717, 1.165) is 115 Å². The molecule has 0 radical (unpaired) electrons. The predicted molar refractivity (Wildman–Crippen MR) is 576 cm³/mol. The Morgan fingerprint density at radius 3 is 1.36 bits per heavy atom. The van der Waals surface area contributed by atoms with Gasteiger partial charge in [0, 0.05) is 193 Å². The van der Waals surface area contributed by atoms with Crippen LogP contribution in [0.1, 0.15) is 110 Å². The molecule has 21 rings (SSSR count). The fourth-order valence-electron chi connectivity index (χ4n) is 21.6. The molecule has 692 valence electrons. The van der Waals surface area contributed by atoms with E-state index in [1.807, 2.05) is 55.4 Å². The number of anilines is 9. The molecule has 4 aromatic heterocycles. The second kappa shape index (κ2) is 40.6. The van der Waals surface area contributed by atoms with E-state index in [1.165, 1.54) is 162 Å². The van der Waals surface area contributed by atoms with Crippen molar-refractivity contribution in [2.24, 2.45) is 0 Å². The van der Waals surface area contributed by atoms with E-state index in [0.29, 0.717) is 0 Å². The molecule has 4 atom stereocenters. The predicted octanol–water partition coefficient (Wildman–Crippen LogP) is 25.2. The van der Waals surface area contributed by atoms with Crippen molar-refractivity contribution in [2.75, 3.05) is 142 Å². The van der Waals surface area contributed by atoms with E-state index in [1.54, 1.807) is 0 Å². The first-order valence-electron chi connectivity index (χ1n) is 47.8. The molecular weight excluding hydrogens is 1670 g/mol. The zero-order valence-electron chi connectivity index (χ0n) is 83.4. The lowest BCUT2D eigenvalue weighted by Crippen LogP contribution is -2.55. The number of nitrogens with zero attached hydrogens (tertiary/aromatic N) is 16. The van der Waals surface area contributed by atoms with Crippen molar-refractivity contribution in [3.63, 3.8) is 0 Å². The lowest BCUT2D eigenvalue weighted by molar-refractivity contribution is -0.967. The third kappa shape index (κ3) is 20.9. The minimum atomic E-state index is -0.412. The summed E-state index contributed by atoms with van der Waals surface area (Å²) in [6.07, 6.45) is 11.3. The van der Waals surface area contributed by atoms with E-state index in [4.69, 9.17) is 0 Å². The van der Waals surface area contributed by atoms with E-state index in [9.17, 15) is 0 Å². The number of aryl methyl sites for hydroxylation is 9. The van der Waals surface area contributed by atoms with Gasteiger partial charge in [0.1, 0.15) is 45.0 Å². The van der Waals surface area contributed by atoms with Gasteiger partial charge in [-0.15, -0.1) is 0 Å². The zero-order valence-corrected chi connectivity index (χ0v) is 84.3. The smallest absolute Gasteiger partial charge is 0.228 e. The van der Waals surface area contributed by atoms with Crippen LogP contribution in [0.25, 0.3) is 10.9 Å². The van der Waals surface area contributed by atoms with Crippen LogP contribution in [-0.4, -0.2) is 127 Å². The van der Waals surface area contributed by atoms with Gasteiger partial charge in [0.25, 0.3) is 0 Å². The molecule has 0 fully saturated rings. The molecule has 0 saturated carbocycles. The molecule has 16 nitrogen and oxygen atoms in total. The van der Waals surface area contributed by atoms with Crippen LogP contribution in [0.2, 0.25) is 0 Å². The maximum atomic E-state index is 4.64. The number of hydrogen-bond acceptors (Lipinski definition) is 12. The van der Waals surface area contributed by atoms with Crippen molar-refractivity contribution >= 4 is 92.7 Å². The summed E-state index contributed by atoms with van der Waals surface area (Å²) in [5, 5.41) is 2.65. The Kier molecular flexibility index (Phi) is 28.6. The minimum absolute atomic E-state index is 0.0967. The number of para-hydroxylation sites is 4. The monoisotopic (exact) mass is 1810 g/mol. The average Bonchev–Trinajstić information content (AvgIpc) is 0.729. The number of pyridine rings is 4. The fourth-order valence-corrected chi connectivity index (χ4v) is 23.7. The molecule has 17 heteroatoms. The molecule has 10 heterocycles. The van der Waals surface area contributed by atoms with Crippen LogP contribution in [0, 0.1) is 62.3 Å². The Hall–Kier alpha value is -13.1. The lowest BCUT2D eigenvalue weighted by atomic mass is 9.86. The van der Waals surface area contributed by atoms with E-state index in [2.05, 4.69) is 465 Å². The first-order chi connectivity index (χ1) is 64.9. The summed E-state index contributed by atoms with van der Waals surface area (Å²) in [5.41, 5.74) is 37.5. The van der Waals surface area contributed by atoms with Crippen molar-refractivity contribution in [1.82, 2.24) is 33.4 Å². The Balaban J connectivity index is 0.000000118. The first kappa shape index (κ1) is 95.1. The number of quaternary nitrogens is 4. The second-order valence-corrected chi connectivity index (χ2v) is 41.8. The number of hydrogen-bond donors (Lipinski definition) is 0. The normalized spacial score (nSPS) is 18.6. The second-order valence-electron chi connectivity index (χ2n) is 39.8. The SMILES string of the molecule is CCN1C[N+](Cc2ccccc2)(Cc2ccccc2)Cc2cc(C)ccc21.Cc1ccc2c(c1)C[N+](C)(c1ccccn1)CN2C.Cc1ccc2c(c1)C[N+](C)(c1cccnc1)CN2C.Cc1ccc2c(c1)C[N+](C)(c1ccncc1)CN2C.Cc1ccc2c(c1)P(C)N(c1cccc3cccnc13)CN2C.Cc1cccc(C)c1N1CN(c2c(C)cccc2C)C(C)(C)c2ccccc21. The van der Waals surface area contributed by atoms with E-state index >= 15 is 0 Å². The van der Waals surface area contributed by atoms with Crippen molar-refractivity contribution in [3.8, 4) is 0 Å². The van der Waals surface area contributed by atoms with Gasteiger partial charge in [0.15, 0.2) is 32.4 Å². The van der Waals surface area contributed by atoms with Crippen LogP contribution < -0.4 is 57.7 Å². The molecule has 135 heavy (non-hydrogen) atoms. The molecule has 0 bridgehead atoms. The lowest BCUT2D eigenvalue weighted by Gasteiger charge is -2.51. The van der Waals surface area contributed by atoms with Gasteiger partial charge >= 0.3 is 0 Å². The van der Waals surface area contributed by atoms with Gasteiger partial charge in [-0.25, -0.2) is 4.98 Å². The van der Waals surface area contributed by atoms with E-state index < -0.39 is 8.07 Å². The number of aromatic nitrogens is 4. The largest absolute Gasteiger partial charge is 0.356 e. The highest BCUT2D eigenvalue weighted by Gasteiger charge is 2.43. The van der Waals surface area contributed by atoms with Crippen molar-refractivity contribution < 1.29 is 4.48 Å². The summed E-state index contributed by atoms with van der Waals surface area (Å²) in [6, 6.07) is 103. The van der Waals surface area contributed by atoms with Crippen molar-refractivity contribution in [3.05, 3.63) is 411 Å². The summed E-state index contributed by atoms with van der Waals surface area (Å²) in [4.78, 5) is 34.6. The highest BCUT2D eigenvalue weighted by Crippen LogP contribution is 2.50. The van der Waals surface area contributed by atoms with Crippen LogP contribution >= 0.6 is 8.07 Å². The van der Waals surface area contributed by atoms with Crippen LogP contribution in [0.15, 0.2) is 322 Å². The third-order valence-corrected chi connectivity index (χ3v) is 30.3. The summed E-state index contributed by atoms with van der Waals surface area (Å²) >= 11 is 0. The minimum Gasteiger partial charge on any atom is -0.356 e. The molecular formula is C118H139N16P+4. The topological polar surface area (TPSA) is 77.5 Å². The first-order valence-corrected chi connectivity index (χ1v) is 49.5. The van der Waals surface area contributed by atoms with Crippen LogP contribution in [0.4, 0.5) is 68.4 Å². The van der Waals surface area contributed by atoms with Crippen LogP contribution in [0.3, 0.4) is 0 Å². The van der Waals surface area contributed by atoms with Gasteiger partial charge < -0.3 is 39.0 Å². The van der Waals surface area contributed by atoms with Crippen LogP contribution in [-0.2, 0) is 44.8 Å². The van der Waals surface area contributed by atoms with Gasteiger partial charge in [-0.1, -0.05) is 198 Å². The van der Waals surface area contributed by atoms with Crippen molar-refractivity contribution in [1.29, 1.82) is 0 Å². The molecule has 6 aliphatic heterocycles. The van der Waals surface area contributed by atoms with Gasteiger partial charge in [-0.3, -0.25) is 32.9 Å². The maximum Gasteiger partial charge on any atom is 0.228 e. The van der Waals surface area contributed by atoms with E-state index in [-0.39, 0.29) is 5.54 Å². The quantitative estimate of drug-likeness (QED) is 0.0914. The van der Waals surface area contributed by atoms with Gasteiger partial charge in [-0.2, -0.15) is 0 Å². The fraction of sp³-hybridized carbons (Fsp3) is 0.288. The average molecular weight is 1810 g/mol. The number of fused-ring (bicyclic) bond motifs is 7.